The molecular formula is C20H21ClN4O3S. The van der Waals surface area contributed by atoms with Crippen LogP contribution in [0.4, 0.5) is 5.69 Å². The van der Waals surface area contributed by atoms with Crippen molar-refractivity contribution in [1.82, 2.24) is 15.1 Å². The summed E-state index contributed by atoms with van der Waals surface area (Å²) in [6.07, 6.45) is 0.301. The molecule has 7 nitrogen and oxygen atoms in total. The van der Waals surface area contributed by atoms with E-state index in [1.54, 1.807) is 35.2 Å². The number of amides is 3. The predicted molar refractivity (Wildman–Crippen MR) is 113 cm³/mol. The minimum absolute atomic E-state index is 0.0679. The fourth-order valence-electron chi connectivity index (χ4n) is 3.61. The number of thiophene rings is 1. The van der Waals surface area contributed by atoms with Gasteiger partial charge >= 0.3 is 0 Å². The Bertz CT molecular complexity index is 955. The molecule has 152 valence electrons. The summed E-state index contributed by atoms with van der Waals surface area (Å²) >= 11 is 7.11. The molecule has 0 spiro atoms. The van der Waals surface area contributed by atoms with Crippen LogP contribution in [-0.4, -0.2) is 60.2 Å². The van der Waals surface area contributed by atoms with Crippen LogP contribution in [-0.2, 0) is 11.3 Å². The fraction of sp³-hybridized carbons (Fsp3) is 0.350. The maximum absolute atomic E-state index is 12.8. The van der Waals surface area contributed by atoms with Crippen LogP contribution < -0.4 is 10.6 Å². The summed E-state index contributed by atoms with van der Waals surface area (Å²) in [6.45, 7) is 3.76. The van der Waals surface area contributed by atoms with Gasteiger partial charge in [0.25, 0.3) is 11.8 Å². The molecule has 2 aliphatic heterocycles. The van der Waals surface area contributed by atoms with Crippen molar-refractivity contribution in [3.63, 3.8) is 0 Å². The van der Waals surface area contributed by atoms with Gasteiger partial charge in [-0.3, -0.25) is 14.4 Å². The molecule has 2 aromatic rings. The lowest BCUT2D eigenvalue weighted by molar-refractivity contribution is -0.131. The predicted octanol–water partition coefficient (Wildman–Crippen LogP) is 2.43. The van der Waals surface area contributed by atoms with Crippen molar-refractivity contribution in [1.29, 1.82) is 0 Å². The van der Waals surface area contributed by atoms with E-state index in [2.05, 4.69) is 10.6 Å². The molecular weight excluding hydrogens is 412 g/mol. The summed E-state index contributed by atoms with van der Waals surface area (Å²) < 4.78 is 0.545. The number of carbonyl (C=O) groups excluding carboxylic acids is 3. The fourth-order valence-corrected chi connectivity index (χ4v) is 4.55. The van der Waals surface area contributed by atoms with Crippen LogP contribution in [0.15, 0.2) is 30.3 Å². The average Bonchev–Trinajstić information content (AvgIpc) is 3.31. The van der Waals surface area contributed by atoms with E-state index in [0.717, 1.165) is 18.7 Å². The van der Waals surface area contributed by atoms with E-state index in [0.29, 0.717) is 53.1 Å². The molecule has 29 heavy (non-hydrogen) atoms. The van der Waals surface area contributed by atoms with Gasteiger partial charge < -0.3 is 20.4 Å². The number of anilines is 1. The first-order valence-electron chi connectivity index (χ1n) is 9.49. The van der Waals surface area contributed by atoms with Crippen LogP contribution in [0.3, 0.4) is 0 Å². The first kappa shape index (κ1) is 19.9. The third-order valence-electron chi connectivity index (χ3n) is 5.15. The van der Waals surface area contributed by atoms with Gasteiger partial charge in [-0.1, -0.05) is 17.7 Å². The monoisotopic (exact) mass is 432 g/mol. The number of carbonyl (C=O) groups is 3. The maximum atomic E-state index is 12.8. The molecule has 0 atom stereocenters. The zero-order valence-electron chi connectivity index (χ0n) is 15.7. The van der Waals surface area contributed by atoms with Gasteiger partial charge in [0.2, 0.25) is 5.91 Å². The van der Waals surface area contributed by atoms with Gasteiger partial charge in [0.1, 0.15) is 0 Å². The van der Waals surface area contributed by atoms with E-state index < -0.39 is 0 Å². The SMILES string of the molecule is O=C(Nc1cccc2c1CN(CCC(=O)N1CCNCC1)C2=O)c1ccc(Cl)s1. The highest BCUT2D eigenvalue weighted by Gasteiger charge is 2.30. The largest absolute Gasteiger partial charge is 0.340 e. The molecule has 1 aromatic carbocycles. The highest BCUT2D eigenvalue weighted by molar-refractivity contribution is 7.18. The van der Waals surface area contributed by atoms with Gasteiger partial charge in [0, 0.05) is 62.5 Å². The summed E-state index contributed by atoms with van der Waals surface area (Å²) in [5, 5.41) is 6.10. The second-order valence-corrected chi connectivity index (χ2v) is 8.71. The van der Waals surface area contributed by atoms with Crippen molar-refractivity contribution in [2.45, 2.75) is 13.0 Å². The summed E-state index contributed by atoms with van der Waals surface area (Å²) in [5.74, 6) is -0.295. The van der Waals surface area contributed by atoms with Gasteiger partial charge in [-0.2, -0.15) is 0 Å². The number of benzene rings is 1. The standard InChI is InChI=1S/C20H21ClN4O3S/c21-17-5-4-16(29-17)19(27)23-15-3-1-2-13-14(15)12-25(20(13)28)9-6-18(26)24-10-7-22-8-11-24/h1-5,22H,6-12H2,(H,23,27). The van der Waals surface area contributed by atoms with Crippen LogP contribution in [0.1, 0.15) is 32.0 Å². The number of nitrogens with one attached hydrogen (secondary N) is 2. The van der Waals surface area contributed by atoms with Crippen LogP contribution in [0, 0.1) is 0 Å². The lowest BCUT2D eigenvalue weighted by Crippen LogP contribution is -2.47. The Balaban J connectivity index is 1.42. The van der Waals surface area contributed by atoms with Crippen LogP contribution in [0.5, 0.6) is 0 Å². The third kappa shape index (κ3) is 4.29. The summed E-state index contributed by atoms with van der Waals surface area (Å²) in [6, 6.07) is 8.65. The molecule has 2 N–H and O–H groups in total. The van der Waals surface area contributed by atoms with Crippen molar-refractivity contribution in [2.75, 3.05) is 38.0 Å². The van der Waals surface area contributed by atoms with Crippen molar-refractivity contribution in [2.24, 2.45) is 0 Å². The van der Waals surface area contributed by atoms with Gasteiger partial charge in [0.15, 0.2) is 0 Å². The Morgan fingerprint density at radius 3 is 2.69 bits per heavy atom. The number of piperazine rings is 1. The number of hydrogen-bond acceptors (Lipinski definition) is 5. The van der Waals surface area contributed by atoms with Gasteiger partial charge in [-0.15, -0.1) is 11.3 Å². The number of halogens is 1. The molecule has 1 aromatic heterocycles. The number of rotatable bonds is 5. The first-order chi connectivity index (χ1) is 14.0. The summed E-state index contributed by atoms with van der Waals surface area (Å²) in [4.78, 5) is 41.6. The molecule has 3 amide bonds. The molecule has 0 saturated carbocycles. The molecule has 0 aliphatic carbocycles. The van der Waals surface area contributed by atoms with E-state index in [1.165, 1.54) is 11.3 Å². The molecule has 1 saturated heterocycles. The van der Waals surface area contributed by atoms with Crippen molar-refractivity contribution in [3.8, 4) is 0 Å². The Morgan fingerprint density at radius 1 is 1.17 bits per heavy atom. The van der Waals surface area contributed by atoms with Crippen molar-refractivity contribution in [3.05, 3.63) is 50.7 Å². The van der Waals surface area contributed by atoms with Crippen molar-refractivity contribution < 1.29 is 14.4 Å². The zero-order valence-corrected chi connectivity index (χ0v) is 17.3. The minimum atomic E-state index is -0.255. The lowest BCUT2D eigenvalue weighted by atomic mass is 10.1. The summed E-state index contributed by atoms with van der Waals surface area (Å²) in [5.41, 5.74) is 1.96. The van der Waals surface area contributed by atoms with Gasteiger partial charge in [-0.05, 0) is 24.3 Å². The summed E-state index contributed by atoms with van der Waals surface area (Å²) in [7, 11) is 0. The normalized spacial score (nSPS) is 16.1. The number of hydrogen-bond donors (Lipinski definition) is 2. The van der Waals surface area contributed by atoms with Crippen LogP contribution >= 0.6 is 22.9 Å². The highest BCUT2D eigenvalue weighted by Crippen LogP contribution is 2.30. The Labute approximate surface area is 177 Å². The molecule has 2 aliphatic rings. The second-order valence-electron chi connectivity index (χ2n) is 7.00. The van der Waals surface area contributed by atoms with E-state index in [9.17, 15) is 14.4 Å². The molecule has 0 bridgehead atoms. The zero-order chi connectivity index (χ0) is 20.4. The lowest BCUT2D eigenvalue weighted by Gasteiger charge is -2.28. The topological polar surface area (TPSA) is 81.8 Å². The molecule has 0 radical (unpaired) electrons. The first-order valence-corrected chi connectivity index (χ1v) is 10.7. The highest BCUT2D eigenvalue weighted by atomic mass is 35.5. The van der Waals surface area contributed by atoms with E-state index in [1.807, 2.05) is 4.90 Å². The van der Waals surface area contributed by atoms with E-state index in [4.69, 9.17) is 11.6 Å². The Hall–Kier alpha value is -2.42. The molecule has 3 heterocycles. The Kier molecular flexibility index (Phi) is 5.84. The van der Waals surface area contributed by atoms with Crippen LogP contribution in [0.25, 0.3) is 0 Å². The second kappa shape index (κ2) is 8.52. The van der Waals surface area contributed by atoms with Gasteiger partial charge in [-0.25, -0.2) is 0 Å². The Morgan fingerprint density at radius 2 is 1.97 bits per heavy atom. The van der Waals surface area contributed by atoms with Crippen molar-refractivity contribution >= 4 is 46.3 Å². The molecule has 9 heteroatoms. The van der Waals surface area contributed by atoms with Crippen LogP contribution in [0.2, 0.25) is 4.34 Å². The molecule has 0 unspecified atom stereocenters. The molecule has 1 fully saturated rings. The third-order valence-corrected chi connectivity index (χ3v) is 6.38. The molecule has 4 rings (SSSR count). The smallest absolute Gasteiger partial charge is 0.265 e. The van der Waals surface area contributed by atoms with E-state index >= 15 is 0 Å². The maximum Gasteiger partial charge on any atom is 0.265 e. The van der Waals surface area contributed by atoms with E-state index in [-0.39, 0.29) is 17.7 Å². The quantitative estimate of drug-likeness (QED) is 0.760. The number of fused-ring (bicyclic) bond motifs is 1. The average molecular weight is 433 g/mol. The minimum Gasteiger partial charge on any atom is -0.340 e. The number of nitrogens with zero attached hydrogens (tertiary/aromatic N) is 2. The van der Waals surface area contributed by atoms with Gasteiger partial charge in [0.05, 0.1) is 9.21 Å².